The molecule has 3 heterocycles. The molecular formula is C7H14N2S. The minimum Gasteiger partial charge on any atom is -0.268 e. The van der Waals surface area contributed by atoms with Crippen molar-refractivity contribution >= 4 is 11.8 Å². The lowest BCUT2D eigenvalue weighted by atomic mass is 10.1. The Labute approximate surface area is 66.1 Å². The molecule has 3 fully saturated rings. The predicted molar refractivity (Wildman–Crippen MR) is 44.8 cm³/mol. The van der Waals surface area contributed by atoms with Crippen LogP contribution in [0.5, 0.6) is 0 Å². The van der Waals surface area contributed by atoms with Gasteiger partial charge in [-0.3, -0.25) is 5.84 Å². The zero-order valence-corrected chi connectivity index (χ0v) is 6.94. The zero-order chi connectivity index (χ0) is 6.97. The van der Waals surface area contributed by atoms with Crippen LogP contribution < -0.4 is 5.84 Å². The number of hydrogen-bond acceptors (Lipinski definition) is 3. The van der Waals surface area contributed by atoms with Crippen LogP contribution in [0.25, 0.3) is 0 Å². The van der Waals surface area contributed by atoms with Gasteiger partial charge in [-0.25, -0.2) is 5.01 Å². The summed E-state index contributed by atoms with van der Waals surface area (Å²) in [6.07, 6.45) is 4.09. The van der Waals surface area contributed by atoms with E-state index < -0.39 is 0 Å². The Morgan fingerprint density at radius 1 is 1.40 bits per heavy atom. The molecule has 0 spiro atoms. The van der Waals surface area contributed by atoms with E-state index in [9.17, 15) is 0 Å². The fraction of sp³-hybridized carbons (Fsp3) is 1.00. The van der Waals surface area contributed by atoms with Crippen molar-refractivity contribution < 1.29 is 0 Å². The number of fused-ring (bicyclic) bond motifs is 4. The van der Waals surface area contributed by atoms with Gasteiger partial charge in [-0.15, -0.1) is 0 Å². The van der Waals surface area contributed by atoms with Crippen LogP contribution in [0.4, 0.5) is 0 Å². The molecule has 2 bridgehead atoms. The largest absolute Gasteiger partial charge is 0.268 e. The Morgan fingerprint density at radius 2 is 2.30 bits per heavy atom. The standard InChI is InChI=1S/C7H14N2S/c8-9-4-7-3-1-2-6(9)5-10-7/h6-7H,1-5,8H2. The number of hydrogen-bond donors (Lipinski definition) is 1. The SMILES string of the molecule is NN1CC2CCCC1CS2. The Morgan fingerprint density at radius 3 is 3.10 bits per heavy atom. The maximum atomic E-state index is 5.84. The monoisotopic (exact) mass is 158 g/mol. The molecule has 10 heavy (non-hydrogen) atoms. The summed E-state index contributed by atoms with van der Waals surface area (Å²) < 4.78 is 0. The van der Waals surface area contributed by atoms with E-state index in [1.807, 2.05) is 5.01 Å². The molecule has 0 aromatic carbocycles. The number of rotatable bonds is 0. The van der Waals surface area contributed by atoms with Crippen LogP contribution in [0, 0.1) is 0 Å². The van der Waals surface area contributed by atoms with Crippen LogP contribution in [0.2, 0.25) is 0 Å². The molecule has 2 atom stereocenters. The molecule has 3 saturated heterocycles. The van der Waals surface area contributed by atoms with E-state index >= 15 is 0 Å². The van der Waals surface area contributed by atoms with E-state index in [2.05, 4.69) is 11.8 Å². The normalized spacial score (nSPS) is 41.7. The van der Waals surface area contributed by atoms with E-state index in [-0.39, 0.29) is 0 Å². The van der Waals surface area contributed by atoms with Crippen molar-refractivity contribution in [3.8, 4) is 0 Å². The van der Waals surface area contributed by atoms with Crippen LogP contribution in [0.3, 0.4) is 0 Å². The fourth-order valence-corrected chi connectivity index (χ4v) is 3.25. The fourth-order valence-electron chi connectivity index (χ4n) is 1.78. The summed E-state index contributed by atoms with van der Waals surface area (Å²) in [5, 5.41) is 2.89. The molecule has 2 unspecified atom stereocenters. The van der Waals surface area contributed by atoms with Crippen LogP contribution in [-0.4, -0.2) is 28.6 Å². The second-order valence-corrected chi connectivity index (χ2v) is 4.57. The van der Waals surface area contributed by atoms with Gasteiger partial charge in [0.25, 0.3) is 0 Å². The molecule has 58 valence electrons. The third-order valence-corrected chi connectivity index (χ3v) is 3.90. The number of thioether (sulfide) groups is 1. The molecule has 0 amide bonds. The number of nitrogens with two attached hydrogens (primary N) is 1. The van der Waals surface area contributed by atoms with E-state index in [1.165, 1.54) is 25.0 Å². The quantitative estimate of drug-likeness (QED) is 0.529. The lowest BCUT2D eigenvalue weighted by Gasteiger charge is -2.32. The first-order valence-electron chi connectivity index (χ1n) is 3.99. The molecule has 3 rings (SSSR count). The highest BCUT2D eigenvalue weighted by molar-refractivity contribution is 8.00. The highest BCUT2D eigenvalue weighted by Crippen LogP contribution is 2.31. The van der Waals surface area contributed by atoms with Gasteiger partial charge in [-0.2, -0.15) is 11.8 Å². The van der Waals surface area contributed by atoms with Gasteiger partial charge in [0.05, 0.1) is 0 Å². The molecule has 3 heteroatoms. The van der Waals surface area contributed by atoms with Crippen molar-refractivity contribution in [1.82, 2.24) is 5.01 Å². The van der Waals surface area contributed by atoms with Gasteiger partial charge in [0.1, 0.15) is 0 Å². The Bertz CT molecular complexity index is 125. The number of nitrogens with zero attached hydrogens (tertiary/aromatic N) is 1. The minimum absolute atomic E-state index is 0.684. The number of hydrazine groups is 1. The zero-order valence-electron chi connectivity index (χ0n) is 6.12. The Balaban J connectivity index is 2.07. The lowest BCUT2D eigenvalue weighted by Crippen LogP contribution is -2.47. The van der Waals surface area contributed by atoms with Gasteiger partial charge >= 0.3 is 0 Å². The second kappa shape index (κ2) is 2.72. The van der Waals surface area contributed by atoms with Gasteiger partial charge in [-0.05, 0) is 12.8 Å². The molecule has 0 saturated carbocycles. The average molecular weight is 158 g/mol. The Kier molecular flexibility index (Phi) is 1.89. The van der Waals surface area contributed by atoms with Crippen LogP contribution in [0.15, 0.2) is 0 Å². The van der Waals surface area contributed by atoms with Gasteiger partial charge in [0, 0.05) is 23.6 Å². The smallest absolute Gasteiger partial charge is 0.0332 e. The summed E-state index contributed by atoms with van der Waals surface area (Å²) >= 11 is 2.12. The van der Waals surface area contributed by atoms with E-state index in [0.717, 1.165) is 11.8 Å². The predicted octanol–water partition coefficient (Wildman–Crippen LogP) is 0.830. The first kappa shape index (κ1) is 6.95. The van der Waals surface area contributed by atoms with E-state index in [1.54, 1.807) is 0 Å². The van der Waals surface area contributed by atoms with Gasteiger partial charge in [-0.1, -0.05) is 6.42 Å². The molecule has 2 N–H and O–H groups in total. The van der Waals surface area contributed by atoms with Gasteiger partial charge < -0.3 is 0 Å². The van der Waals surface area contributed by atoms with Gasteiger partial charge in [0.2, 0.25) is 0 Å². The van der Waals surface area contributed by atoms with Crippen molar-refractivity contribution in [1.29, 1.82) is 0 Å². The van der Waals surface area contributed by atoms with Crippen molar-refractivity contribution in [2.24, 2.45) is 5.84 Å². The third kappa shape index (κ3) is 1.18. The highest BCUT2D eigenvalue weighted by atomic mass is 32.2. The summed E-state index contributed by atoms with van der Waals surface area (Å²) in [5.74, 6) is 7.10. The maximum absolute atomic E-state index is 5.84. The summed E-state index contributed by atoms with van der Waals surface area (Å²) in [4.78, 5) is 0. The Hall–Kier alpha value is 0.270. The van der Waals surface area contributed by atoms with Crippen molar-refractivity contribution in [3.05, 3.63) is 0 Å². The highest BCUT2D eigenvalue weighted by Gasteiger charge is 2.29. The summed E-state index contributed by atoms with van der Waals surface area (Å²) in [5.41, 5.74) is 0. The summed E-state index contributed by atoms with van der Waals surface area (Å²) in [6, 6.07) is 0.684. The molecule has 0 radical (unpaired) electrons. The topological polar surface area (TPSA) is 29.3 Å². The molecule has 0 aromatic rings. The molecule has 0 aromatic heterocycles. The second-order valence-electron chi connectivity index (χ2n) is 3.24. The molecule has 2 nitrogen and oxygen atoms in total. The van der Waals surface area contributed by atoms with E-state index in [4.69, 9.17) is 5.84 Å². The minimum atomic E-state index is 0.684. The molecule has 0 aliphatic carbocycles. The first-order valence-corrected chi connectivity index (χ1v) is 5.04. The van der Waals surface area contributed by atoms with Crippen LogP contribution in [0.1, 0.15) is 19.3 Å². The van der Waals surface area contributed by atoms with Gasteiger partial charge in [0.15, 0.2) is 0 Å². The first-order chi connectivity index (χ1) is 4.86. The van der Waals surface area contributed by atoms with E-state index in [0.29, 0.717) is 6.04 Å². The molecule has 3 aliphatic heterocycles. The molecular weight excluding hydrogens is 144 g/mol. The van der Waals surface area contributed by atoms with Crippen molar-refractivity contribution in [2.45, 2.75) is 30.6 Å². The summed E-state index contributed by atoms with van der Waals surface area (Å²) in [7, 11) is 0. The van der Waals surface area contributed by atoms with Crippen molar-refractivity contribution in [3.63, 3.8) is 0 Å². The third-order valence-electron chi connectivity index (χ3n) is 2.47. The molecule has 3 aliphatic rings. The lowest BCUT2D eigenvalue weighted by molar-refractivity contribution is 0.218. The summed E-state index contributed by atoms with van der Waals surface area (Å²) in [6.45, 7) is 1.12. The average Bonchev–Trinajstić information content (AvgIpc) is 2.20. The van der Waals surface area contributed by atoms with Crippen molar-refractivity contribution in [2.75, 3.05) is 12.3 Å². The maximum Gasteiger partial charge on any atom is 0.0332 e. The van der Waals surface area contributed by atoms with Crippen LogP contribution >= 0.6 is 11.8 Å². The van der Waals surface area contributed by atoms with Crippen LogP contribution in [-0.2, 0) is 0 Å².